The molecule has 2 aromatic carbocycles. The Kier molecular flexibility index (Phi) is 3.33. The number of hydrogen-bond donors (Lipinski definition) is 0. The van der Waals surface area contributed by atoms with Gasteiger partial charge in [0.1, 0.15) is 0 Å². The fraction of sp³-hybridized carbons (Fsp3) is 0.455. The van der Waals surface area contributed by atoms with Crippen molar-refractivity contribution < 1.29 is 4.74 Å². The summed E-state index contributed by atoms with van der Waals surface area (Å²) in [4.78, 5) is 2.41. The highest BCUT2D eigenvalue weighted by Crippen LogP contribution is 2.58. The van der Waals surface area contributed by atoms with Crippen LogP contribution in [0.2, 0.25) is 0 Å². The molecule has 1 saturated heterocycles. The van der Waals surface area contributed by atoms with E-state index in [2.05, 4.69) is 60.5 Å². The first-order valence-corrected chi connectivity index (χ1v) is 9.27. The van der Waals surface area contributed by atoms with Crippen LogP contribution in [0.3, 0.4) is 0 Å². The summed E-state index contributed by atoms with van der Waals surface area (Å²) in [6.07, 6.45) is 3.98. The first-order chi connectivity index (χ1) is 11.8. The van der Waals surface area contributed by atoms with Gasteiger partial charge in [-0.15, -0.1) is 0 Å². The molecule has 0 saturated carbocycles. The minimum atomic E-state index is 0.144. The lowest BCUT2D eigenvalue weighted by atomic mass is 9.53. The zero-order chi connectivity index (χ0) is 16.1. The Hall–Kier alpha value is -1.64. The molecule has 24 heavy (non-hydrogen) atoms. The standard InChI is InChI=1S/C22H25NO/c1-23-12-13-24-16(15-23)14-22-11-10-17(18-6-2-4-8-20(18)22)19-7-3-5-9-21(19)22/h2-9,16-17H,10-15H2,1H3. The molecular weight excluding hydrogens is 294 g/mol. The molecule has 0 N–H and O–H groups in total. The molecule has 2 bridgehead atoms. The van der Waals surface area contributed by atoms with Crippen LogP contribution in [-0.2, 0) is 10.2 Å². The molecular formula is C22H25NO. The van der Waals surface area contributed by atoms with Crippen molar-refractivity contribution in [2.45, 2.75) is 36.7 Å². The predicted molar refractivity (Wildman–Crippen MR) is 96.6 cm³/mol. The van der Waals surface area contributed by atoms with E-state index in [1.807, 2.05) is 0 Å². The van der Waals surface area contributed by atoms with Gasteiger partial charge in [-0.05, 0) is 48.6 Å². The monoisotopic (exact) mass is 319 g/mol. The molecule has 2 nitrogen and oxygen atoms in total. The lowest BCUT2D eigenvalue weighted by Gasteiger charge is -2.51. The Labute approximate surface area is 144 Å². The molecule has 0 amide bonds. The van der Waals surface area contributed by atoms with Crippen molar-refractivity contribution in [2.75, 3.05) is 26.7 Å². The maximum Gasteiger partial charge on any atom is 0.0714 e. The van der Waals surface area contributed by atoms with E-state index >= 15 is 0 Å². The maximum atomic E-state index is 6.18. The molecule has 124 valence electrons. The highest BCUT2D eigenvalue weighted by molar-refractivity contribution is 5.59. The van der Waals surface area contributed by atoms with Crippen LogP contribution in [0, 0.1) is 0 Å². The SMILES string of the molecule is CN1CCOC(CC23CCC(c4ccccc42)c2ccccc23)C1. The summed E-state index contributed by atoms with van der Waals surface area (Å²) >= 11 is 0. The smallest absolute Gasteiger partial charge is 0.0714 e. The van der Waals surface area contributed by atoms with Gasteiger partial charge in [0, 0.05) is 24.4 Å². The summed E-state index contributed by atoms with van der Waals surface area (Å²) in [5, 5.41) is 0. The molecule has 2 heteroatoms. The van der Waals surface area contributed by atoms with Crippen molar-refractivity contribution in [1.82, 2.24) is 4.90 Å². The van der Waals surface area contributed by atoms with Crippen molar-refractivity contribution in [2.24, 2.45) is 0 Å². The number of nitrogens with zero attached hydrogens (tertiary/aromatic N) is 1. The summed E-state index contributed by atoms with van der Waals surface area (Å²) in [6.45, 7) is 2.97. The summed E-state index contributed by atoms with van der Waals surface area (Å²) in [5.74, 6) is 0.592. The minimum Gasteiger partial charge on any atom is -0.376 e. The first-order valence-electron chi connectivity index (χ1n) is 9.27. The van der Waals surface area contributed by atoms with Gasteiger partial charge in [0.25, 0.3) is 0 Å². The van der Waals surface area contributed by atoms with E-state index < -0.39 is 0 Å². The molecule has 1 heterocycles. The molecule has 0 aromatic heterocycles. The summed E-state index contributed by atoms with van der Waals surface area (Å²) in [7, 11) is 2.22. The average Bonchev–Trinajstić information content (AvgIpc) is 2.63. The van der Waals surface area contributed by atoms with Crippen LogP contribution in [0.1, 0.15) is 47.4 Å². The van der Waals surface area contributed by atoms with Crippen LogP contribution in [0.4, 0.5) is 0 Å². The highest BCUT2D eigenvalue weighted by atomic mass is 16.5. The van der Waals surface area contributed by atoms with Crippen molar-refractivity contribution in [3.05, 3.63) is 70.8 Å². The zero-order valence-electron chi connectivity index (χ0n) is 14.4. The third kappa shape index (κ3) is 2.03. The Morgan fingerprint density at radius 2 is 1.71 bits per heavy atom. The van der Waals surface area contributed by atoms with Crippen LogP contribution >= 0.6 is 0 Å². The highest BCUT2D eigenvalue weighted by Gasteiger charge is 2.49. The van der Waals surface area contributed by atoms with Crippen molar-refractivity contribution in [3.8, 4) is 0 Å². The topological polar surface area (TPSA) is 12.5 Å². The van der Waals surface area contributed by atoms with Crippen LogP contribution in [-0.4, -0.2) is 37.7 Å². The number of morpholine rings is 1. The minimum absolute atomic E-state index is 0.144. The van der Waals surface area contributed by atoms with E-state index in [4.69, 9.17) is 4.74 Å². The van der Waals surface area contributed by atoms with Gasteiger partial charge < -0.3 is 9.64 Å². The summed E-state index contributed by atoms with van der Waals surface area (Å²) < 4.78 is 6.18. The van der Waals surface area contributed by atoms with Crippen molar-refractivity contribution in [1.29, 1.82) is 0 Å². The number of fused-ring (bicyclic) bond motifs is 1. The van der Waals surface area contributed by atoms with Gasteiger partial charge in [-0.25, -0.2) is 0 Å². The Morgan fingerprint density at radius 1 is 1.04 bits per heavy atom. The third-order valence-corrected chi connectivity index (χ3v) is 6.48. The van der Waals surface area contributed by atoms with Gasteiger partial charge in [0.2, 0.25) is 0 Å². The number of hydrogen-bond acceptors (Lipinski definition) is 2. The third-order valence-electron chi connectivity index (χ3n) is 6.48. The molecule has 2 aromatic rings. The summed E-state index contributed by atoms with van der Waals surface area (Å²) in [5.41, 5.74) is 6.40. The molecule has 6 rings (SSSR count). The van der Waals surface area contributed by atoms with Gasteiger partial charge in [-0.3, -0.25) is 0 Å². The van der Waals surface area contributed by atoms with Gasteiger partial charge in [-0.1, -0.05) is 48.5 Å². The van der Waals surface area contributed by atoms with Gasteiger partial charge in [0.05, 0.1) is 12.7 Å². The van der Waals surface area contributed by atoms with E-state index in [0.29, 0.717) is 12.0 Å². The molecule has 4 aliphatic rings. The van der Waals surface area contributed by atoms with Crippen molar-refractivity contribution in [3.63, 3.8) is 0 Å². The fourth-order valence-electron chi connectivity index (χ4n) is 5.46. The molecule has 0 radical (unpaired) electrons. The first kappa shape index (κ1) is 14.7. The van der Waals surface area contributed by atoms with E-state index in [0.717, 1.165) is 26.1 Å². The second kappa shape index (κ2) is 5.44. The normalized spacial score (nSPS) is 31.5. The lowest BCUT2D eigenvalue weighted by Crippen LogP contribution is -2.47. The largest absolute Gasteiger partial charge is 0.376 e. The van der Waals surface area contributed by atoms with Gasteiger partial charge in [-0.2, -0.15) is 0 Å². The lowest BCUT2D eigenvalue weighted by molar-refractivity contribution is -0.0336. The van der Waals surface area contributed by atoms with Crippen molar-refractivity contribution >= 4 is 0 Å². The Morgan fingerprint density at radius 3 is 2.38 bits per heavy atom. The number of ether oxygens (including phenoxy) is 1. The quantitative estimate of drug-likeness (QED) is 0.831. The van der Waals surface area contributed by atoms with Gasteiger partial charge >= 0.3 is 0 Å². The van der Waals surface area contributed by atoms with E-state index in [1.165, 1.54) is 12.8 Å². The van der Waals surface area contributed by atoms with E-state index in [-0.39, 0.29) is 5.41 Å². The second-order valence-corrected chi connectivity index (χ2v) is 7.81. The van der Waals surface area contributed by atoms with E-state index in [1.54, 1.807) is 22.3 Å². The van der Waals surface area contributed by atoms with Crippen LogP contribution in [0.15, 0.2) is 48.5 Å². The molecule has 1 unspecified atom stereocenters. The Balaban J connectivity index is 1.64. The molecule has 1 fully saturated rings. The number of likely N-dealkylation sites (N-methyl/N-ethyl adjacent to an activating group) is 1. The predicted octanol–water partition coefficient (Wildman–Crippen LogP) is 3.93. The average molecular weight is 319 g/mol. The molecule has 1 aliphatic heterocycles. The molecule has 1 atom stereocenters. The maximum absolute atomic E-state index is 6.18. The fourth-order valence-corrected chi connectivity index (χ4v) is 5.46. The summed E-state index contributed by atoms with van der Waals surface area (Å²) in [6, 6.07) is 18.3. The van der Waals surface area contributed by atoms with E-state index in [9.17, 15) is 0 Å². The molecule has 0 spiro atoms. The zero-order valence-corrected chi connectivity index (χ0v) is 14.4. The van der Waals surface area contributed by atoms with Gasteiger partial charge in [0.15, 0.2) is 0 Å². The Bertz CT molecular complexity index is 721. The number of rotatable bonds is 2. The van der Waals surface area contributed by atoms with Crippen LogP contribution < -0.4 is 0 Å². The molecule has 3 aliphatic carbocycles. The van der Waals surface area contributed by atoms with Crippen LogP contribution in [0.5, 0.6) is 0 Å². The number of benzene rings is 2. The second-order valence-electron chi connectivity index (χ2n) is 7.81. The van der Waals surface area contributed by atoms with Crippen LogP contribution in [0.25, 0.3) is 0 Å².